The fourth-order valence-corrected chi connectivity index (χ4v) is 2.89. The molecule has 2 aromatic carbocycles. The van der Waals surface area contributed by atoms with Crippen LogP contribution in [0, 0.1) is 0 Å². The number of nitrogens with one attached hydrogen (secondary N) is 1. The topological polar surface area (TPSA) is 107 Å². The van der Waals surface area contributed by atoms with Gasteiger partial charge in [0.25, 0.3) is 5.91 Å². The minimum absolute atomic E-state index is 0.0839. The highest BCUT2D eigenvalue weighted by Gasteiger charge is 2.21. The van der Waals surface area contributed by atoms with Crippen LogP contribution in [-0.4, -0.2) is 43.2 Å². The molecule has 0 spiro atoms. The standard InChI is InChI=1S/C20H18N2O6/c1-26-12-6-4-5-11(7-12)19(23)18-14-9-17(28-3)16(27-2)8-13(14)15(10-21-18)20(24)22-25/h4-10,25H,1-3H3,(H,22,24). The number of amides is 1. The summed E-state index contributed by atoms with van der Waals surface area (Å²) in [6.45, 7) is 0. The van der Waals surface area contributed by atoms with E-state index in [1.165, 1.54) is 27.5 Å². The van der Waals surface area contributed by atoms with E-state index < -0.39 is 5.91 Å². The van der Waals surface area contributed by atoms with E-state index in [4.69, 9.17) is 19.4 Å². The Labute approximate surface area is 160 Å². The molecule has 28 heavy (non-hydrogen) atoms. The lowest BCUT2D eigenvalue weighted by molar-refractivity contribution is 0.0707. The second-order valence-corrected chi connectivity index (χ2v) is 5.78. The first-order valence-corrected chi connectivity index (χ1v) is 8.22. The number of ether oxygens (including phenoxy) is 3. The highest BCUT2D eigenvalue weighted by atomic mass is 16.5. The zero-order valence-corrected chi connectivity index (χ0v) is 15.5. The van der Waals surface area contributed by atoms with Crippen molar-refractivity contribution in [3.05, 3.63) is 59.4 Å². The zero-order valence-electron chi connectivity index (χ0n) is 15.5. The first-order valence-electron chi connectivity index (χ1n) is 8.22. The van der Waals surface area contributed by atoms with Crippen LogP contribution in [0.25, 0.3) is 10.8 Å². The molecule has 144 valence electrons. The summed E-state index contributed by atoms with van der Waals surface area (Å²) >= 11 is 0. The number of pyridine rings is 1. The molecular weight excluding hydrogens is 364 g/mol. The number of methoxy groups -OCH3 is 3. The summed E-state index contributed by atoms with van der Waals surface area (Å²) in [5, 5.41) is 9.79. The molecule has 3 aromatic rings. The Hall–Kier alpha value is -3.65. The lowest BCUT2D eigenvalue weighted by Crippen LogP contribution is -2.20. The maximum atomic E-state index is 13.1. The Bertz CT molecular complexity index is 1060. The van der Waals surface area contributed by atoms with Gasteiger partial charge in [0.2, 0.25) is 5.78 Å². The number of ketones is 1. The molecule has 0 saturated carbocycles. The molecule has 0 bridgehead atoms. The van der Waals surface area contributed by atoms with Gasteiger partial charge in [-0.05, 0) is 24.3 Å². The molecular formula is C20H18N2O6. The third kappa shape index (κ3) is 3.33. The summed E-state index contributed by atoms with van der Waals surface area (Å²) in [6, 6.07) is 9.81. The Morgan fingerprint density at radius 2 is 1.64 bits per heavy atom. The van der Waals surface area contributed by atoms with E-state index in [9.17, 15) is 9.59 Å². The molecule has 0 aliphatic rings. The van der Waals surface area contributed by atoms with E-state index in [1.807, 2.05) is 0 Å². The maximum absolute atomic E-state index is 13.1. The maximum Gasteiger partial charge on any atom is 0.276 e. The molecule has 1 heterocycles. The highest BCUT2D eigenvalue weighted by Crippen LogP contribution is 2.35. The van der Waals surface area contributed by atoms with Gasteiger partial charge in [-0.2, -0.15) is 0 Å². The van der Waals surface area contributed by atoms with Crippen LogP contribution in [0.1, 0.15) is 26.4 Å². The molecule has 2 N–H and O–H groups in total. The smallest absolute Gasteiger partial charge is 0.276 e. The van der Waals surface area contributed by atoms with Gasteiger partial charge in [-0.15, -0.1) is 0 Å². The largest absolute Gasteiger partial charge is 0.497 e. The number of hydrogen-bond donors (Lipinski definition) is 2. The SMILES string of the molecule is COc1cccc(C(=O)c2ncc(C(=O)NO)c3cc(OC)c(OC)cc23)c1. The summed E-state index contributed by atoms with van der Waals surface area (Å²) in [7, 11) is 4.43. The first-order chi connectivity index (χ1) is 13.5. The number of rotatable bonds is 6. The molecule has 0 radical (unpaired) electrons. The van der Waals surface area contributed by atoms with Crippen LogP contribution in [0.4, 0.5) is 0 Å². The average molecular weight is 382 g/mol. The third-order valence-electron chi connectivity index (χ3n) is 4.28. The normalized spacial score (nSPS) is 10.4. The van der Waals surface area contributed by atoms with Gasteiger partial charge in [0.05, 0.1) is 26.9 Å². The number of carbonyl (C=O) groups excluding carboxylic acids is 2. The van der Waals surface area contributed by atoms with Crippen LogP contribution in [0.2, 0.25) is 0 Å². The van der Waals surface area contributed by atoms with Crippen LogP contribution >= 0.6 is 0 Å². The monoisotopic (exact) mass is 382 g/mol. The van der Waals surface area contributed by atoms with Crippen molar-refractivity contribution in [2.24, 2.45) is 0 Å². The van der Waals surface area contributed by atoms with Crippen molar-refractivity contribution in [3.63, 3.8) is 0 Å². The van der Waals surface area contributed by atoms with E-state index in [2.05, 4.69) is 4.98 Å². The number of fused-ring (bicyclic) bond motifs is 1. The van der Waals surface area contributed by atoms with Crippen LogP contribution in [0.5, 0.6) is 17.2 Å². The molecule has 8 heteroatoms. The number of benzene rings is 2. The Morgan fingerprint density at radius 3 is 2.25 bits per heavy atom. The fraction of sp³-hybridized carbons (Fsp3) is 0.150. The summed E-state index contributed by atoms with van der Waals surface area (Å²) in [5.41, 5.74) is 2.17. The molecule has 0 saturated heterocycles. The number of aromatic nitrogens is 1. The second-order valence-electron chi connectivity index (χ2n) is 5.78. The van der Waals surface area contributed by atoms with Gasteiger partial charge in [-0.3, -0.25) is 19.8 Å². The van der Waals surface area contributed by atoms with Gasteiger partial charge < -0.3 is 14.2 Å². The molecule has 1 amide bonds. The Kier molecular flexibility index (Phi) is 5.42. The van der Waals surface area contributed by atoms with Crippen LogP contribution in [0.3, 0.4) is 0 Å². The Morgan fingerprint density at radius 1 is 0.964 bits per heavy atom. The van der Waals surface area contributed by atoms with Gasteiger partial charge in [-0.25, -0.2) is 5.48 Å². The van der Waals surface area contributed by atoms with Crippen LogP contribution in [-0.2, 0) is 0 Å². The molecule has 1 aromatic heterocycles. The fourth-order valence-electron chi connectivity index (χ4n) is 2.89. The molecule has 0 aliphatic heterocycles. The second kappa shape index (κ2) is 7.93. The van der Waals surface area contributed by atoms with E-state index in [-0.39, 0.29) is 17.0 Å². The first kappa shape index (κ1) is 19.1. The van der Waals surface area contributed by atoms with Gasteiger partial charge in [0, 0.05) is 22.5 Å². The van der Waals surface area contributed by atoms with Crippen molar-refractivity contribution in [1.29, 1.82) is 0 Å². The van der Waals surface area contributed by atoms with Gasteiger partial charge in [-0.1, -0.05) is 12.1 Å². The van der Waals surface area contributed by atoms with E-state index in [0.717, 1.165) is 0 Å². The van der Waals surface area contributed by atoms with Crippen LogP contribution in [0.15, 0.2) is 42.6 Å². The predicted octanol–water partition coefficient (Wildman–Crippen LogP) is 2.61. The summed E-state index contributed by atoms with van der Waals surface area (Å²) in [5.74, 6) is 0.161. The molecule has 0 atom stereocenters. The molecule has 3 rings (SSSR count). The number of carbonyl (C=O) groups is 2. The minimum Gasteiger partial charge on any atom is -0.497 e. The van der Waals surface area contributed by atoms with Crippen molar-refractivity contribution in [1.82, 2.24) is 10.5 Å². The Balaban J connectivity index is 2.28. The van der Waals surface area contributed by atoms with Crippen molar-refractivity contribution >= 4 is 22.5 Å². The lowest BCUT2D eigenvalue weighted by atomic mass is 9.98. The summed E-state index contributed by atoms with van der Waals surface area (Å²) in [6.07, 6.45) is 1.23. The molecule has 8 nitrogen and oxygen atoms in total. The van der Waals surface area contributed by atoms with Crippen molar-refractivity contribution in [2.45, 2.75) is 0 Å². The molecule has 0 unspecified atom stereocenters. The van der Waals surface area contributed by atoms with E-state index in [1.54, 1.807) is 41.9 Å². The summed E-state index contributed by atoms with van der Waals surface area (Å²) < 4.78 is 15.8. The van der Waals surface area contributed by atoms with Gasteiger partial charge in [0.15, 0.2) is 11.5 Å². The average Bonchev–Trinajstić information content (AvgIpc) is 2.76. The lowest BCUT2D eigenvalue weighted by Gasteiger charge is -2.13. The van der Waals surface area contributed by atoms with E-state index >= 15 is 0 Å². The highest BCUT2D eigenvalue weighted by molar-refractivity contribution is 6.18. The van der Waals surface area contributed by atoms with Crippen molar-refractivity contribution in [3.8, 4) is 17.2 Å². The van der Waals surface area contributed by atoms with Gasteiger partial charge in [0.1, 0.15) is 11.4 Å². The summed E-state index contributed by atoms with van der Waals surface area (Å²) in [4.78, 5) is 29.3. The predicted molar refractivity (Wildman–Crippen MR) is 101 cm³/mol. The third-order valence-corrected chi connectivity index (χ3v) is 4.28. The molecule has 0 aliphatic carbocycles. The number of hydroxylamine groups is 1. The van der Waals surface area contributed by atoms with Gasteiger partial charge >= 0.3 is 0 Å². The minimum atomic E-state index is -0.759. The van der Waals surface area contributed by atoms with E-state index in [0.29, 0.717) is 33.6 Å². The van der Waals surface area contributed by atoms with Crippen LogP contribution < -0.4 is 19.7 Å². The quantitative estimate of drug-likeness (QED) is 0.383. The van der Waals surface area contributed by atoms with Crippen molar-refractivity contribution < 1.29 is 29.0 Å². The van der Waals surface area contributed by atoms with Crippen molar-refractivity contribution in [2.75, 3.05) is 21.3 Å². The number of nitrogens with zero attached hydrogens (tertiary/aromatic N) is 1. The molecule has 0 fully saturated rings. The number of hydrogen-bond acceptors (Lipinski definition) is 7. The zero-order chi connectivity index (χ0) is 20.3.